The molecule has 0 spiro atoms. The van der Waals surface area contributed by atoms with Crippen molar-refractivity contribution in [1.29, 1.82) is 0 Å². The van der Waals surface area contributed by atoms with Crippen molar-refractivity contribution in [3.05, 3.63) is 85.5 Å². The first-order chi connectivity index (χ1) is 15.4. The molecular weight excluding hydrogens is 428 g/mol. The minimum Gasteiger partial charge on any atom is -0.324 e. The average molecular weight is 449 g/mol. The fourth-order valence-corrected chi connectivity index (χ4v) is 4.34. The monoisotopic (exact) mass is 448 g/mol. The zero-order valence-electron chi connectivity index (χ0n) is 17.5. The van der Waals surface area contributed by atoms with Gasteiger partial charge in [-0.05, 0) is 25.0 Å². The first-order valence-electron chi connectivity index (χ1n) is 10.0. The summed E-state index contributed by atoms with van der Waals surface area (Å²) in [5, 5.41) is 14.3. The van der Waals surface area contributed by atoms with Gasteiger partial charge in [-0.15, -0.1) is 11.3 Å². The summed E-state index contributed by atoms with van der Waals surface area (Å²) in [6.45, 7) is 3.48. The van der Waals surface area contributed by atoms with E-state index in [1.54, 1.807) is 13.0 Å². The van der Waals surface area contributed by atoms with Crippen molar-refractivity contribution >= 4 is 38.8 Å². The molecule has 2 aromatic heterocycles. The number of amides is 1. The number of rotatable bonds is 6. The number of nitro benzene ring substituents is 1. The fourth-order valence-electron chi connectivity index (χ4n) is 3.39. The smallest absolute Gasteiger partial charge is 0.271 e. The highest BCUT2D eigenvalue weighted by Gasteiger charge is 2.18. The minimum atomic E-state index is -0.521. The molecule has 0 saturated carbocycles. The molecule has 8 nitrogen and oxygen atoms in total. The number of nitro groups is 1. The highest BCUT2D eigenvalue weighted by molar-refractivity contribution is 7.18. The van der Waals surface area contributed by atoms with Gasteiger partial charge in [0.25, 0.3) is 11.2 Å². The predicted molar refractivity (Wildman–Crippen MR) is 125 cm³/mol. The molecule has 2 heterocycles. The molecule has 9 heteroatoms. The predicted octanol–water partition coefficient (Wildman–Crippen LogP) is 4.54. The van der Waals surface area contributed by atoms with E-state index in [0.717, 1.165) is 16.9 Å². The second-order valence-electron chi connectivity index (χ2n) is 7.28. The molecular formula is C23H20N4O4S. The van der Waals surface area contributed by atoms with E-state index in [4.69, 9.17) is 4.98 Å². The number of fused-ring (bicyclic) bond motifs is 1. The Labute approximate surface area is 187 Å². The number of anilines is 1. The van der Waals surface area contributed by atoms with Crippen LogP contribution < -0.4 is 10.9 Å². The Hall–Kier alpha value is -3.85. The molecule has 162 valence electrons. The highest BCUT2D eigenvalue weighted by atomic mass is 32.1. The number of carbonyl (C=O) groups is 1. The van der Waals surface area contributed by atoms with Crippen LogP contribution in [0.3, 0.4) is 0 Å². The molecule has 0 bridgehead atoms. The van der Waals surface area contributed by atoms with Gasteiger partial charge in [0, 0.05) is 22.6 Å². The van der Waals surface area contributed by atoms with Gasteiger partial charge in [-0.1, -0.05) is 43.3 Å². The zero-order valence-corrected chi connectivity index (χ0v) is 18.3. The topological polar surface area (TPSA) is 107 Å². The Bertz CT molecular complexity index is 1390. The summed E-state index contributed by atoms with van der Waals surface area (Å²) in [6.07, 6.45) is 0.785. The number of aryl methyl sites for hydroxylation is 2. The Kier molecular flexibility index (Phi) is 5.83. The molecule has 0 unspecified atom stereocenters. The minimum absolute atomic E-state index is 0.124. The van der Waals surface area contributed by atoms with Crippen molar-refractivity contribution in [2.75, 3.05) is 5.32 Å². The Morgan fingerprint density at radius 1 is 1.19 bits per heavy atom. The SMILES string of the molecule is CCc1cc2c(=O)n(CC(=O)Nc3cc([N+](=O)[O-])ccc3C)c(-c3ccccc3)nc2s1. The normalized spacial score (nSPS) is 10.9. The number of hydrogen-bond acceptors (Lipinski definition) is 6. The first kappa shape index (κ1) is 21.4. The number of aromatic nitrogens is 2. The van der Waals surface area contributed by atoms with Crippen LogP contribution in [0.4, 0.5) is 11.4 Å². The van der Waals surface area contributed by atoms with Gasteiger partial charge in [0.2, 0.25) is 5.91 Å². The molecule has 0 aliphatic carbocycles. The van der Waals surface area contributed by atoms with Crippen LogP contribution in [0.5, 0.6) is 0 Å². The van der Waals surface area contributed by atoms with Gasteiger partial charge < -0.3 is 5.32 Å². The van der Waals surface area contributed by atoms with Gasteiger partial charge in [-0.2, -0.15) is 0 Å². The van der Waals surface area contributed by atoms with Crippen LogP contribution in [0.15, 0.2) is 59.4 Å². The lowest BCUT2D eigenvalue weighted by Crippen LogP contribution is -2.29. The molecule has 0 aliphatic rings. The molecule has 4 aromatic rings. The number of carbonyl (C=O) groups excluding carboxylic acids is 1. The van der Waals surface area contributed by atoms with Gasteiger partial charge in [0.1, 0.15) is 17.2 Å². The summed E-state index contributed by atoms with van der Waals surface area (Å²) in [7, 11) is 0. The van der Waals surface area contributed by atoms with Crippen molar-refractivity contribution in [3.63, 3.8) is 0 Å². The van der Waals surface area contributed by atoms with Crippen molar-refractivity contribution < 1.29 is 9.72 Å². The quantitative estimate of drug-likeness (QED) is 0.344. The van der Waals surface area contributed by atoms with Crippen LogP contribution in [-0.2, 0) is 17.8 Å². The summed E-state index contributed by atoms with van der Waals surface area (Å²) < 4.78 is 1.35. The van der Waals surface area contributed by atoms with Gasteiger partial charge >= 0.3 is 0 Å². The van der Waals surface area contributed by atoms with Crippen LogP contribution in [0.2, 0.25) is 0 Å². The molecule has 4 rings (SSSR count). The van der Waals surface area contributed by atoms with Crippen LogP contribution in [-0.4, -0.2) is 20.4 Å². The molecule has 2 aromatic carbocycles. The zero-order chi connectivity index (χ0) is 22.8. The number of nitrogens with zero attached hydrogens (tertiary/aromatic N) is 3. The number of non-ortho nitro benzene ring substituents is 1. The number of thiophene rings is 1. The standard InChI is InChI=1S/C23H20N4O4S/c1-3-17-12-18-22(32-17)25-21(15-7-5-4-6-8-15)26(23(18)29)13-20(28)24-19-11-16(27(30)31)10-9-14(19)2/h4-12H,3,13H2,1-2H3,(H,24,28). The van der Waals surface area contributed by atoms with Crippen molar-refractivity contribution in [3.8, 4) is 11.4 Å². The van der Waals surface area contributed by atoms with E-state index < -0.39 is 10.8 Å². The van der Waals surface area contributed by atoms with Crippen LogP contribution in [0, 0.1) is 17.0 Å². The molecule has 32 heavy (non-hydrogen) atoms. The van der Waals surface area contributed by atoms with Gasteiger partial charge in [0.05, 0.1) is 16.0 Å². The van der Waals surface area contributed by atoms with Crippen molar-refractivity contribution in [2.45, 2.75) is 26.8 Å². The number of benzene rings is 2. The summed E-state index contributed by atoms with van der Waals surface area (Å²) in [5.74, 6) is -0.0708. The largest absolute Gasteiger partial charge is 0.324 e. The van der Waals surface area contributed by atoms with E-state index >= 15 is 0 Å². The van der Waals surface area contributed by atoms with E-state index in [0.29, 0.717) is 27.3 Å². The molecule has 0 radical (unpaired) electrons. The third-order valence-electron chi connectivity index (χ3n) is 5.09. The maximum absolute atomic E-state index is 13.3. The molecule has 1 amide bonds. The Morgan fingerprint density at radius 2 is 1.94 bits per heavy atom. The lowest BCUT2D eigenvalue weighted by molar-refractivity contribution is -0.384. The van der Waals surface area contributed by atoms with E-state index in [-0.39, 0.29) is 17.8 Å². The van der Waals surface area contributed by atoms with E-state index in [9.17, 15) is 19.7 Å². The summed E-state index contributed by atoms with van der Waals surface area (Å²) in [4.78, 5) is 43.1. The van der Waals surface area contributed by atoms with E-state index in [2.05, 4.69) is 5.32 Å². The lowest BCUT2D eigenvalue weighted by Gasteiger charge is -2.13. The first-order valence-corrected chi connectivity index (χ1v) is 10.8. The maximum Gasteiger partial charge on any atom is 0.271 e. The molecule has 0 aliphatic heterocycles. The average Bonchev–Trinajstić information content (AvgIpc) is 3.21. The van der Waals surface area contributed by atoms with Crippen LogP contribution in [0.25, 0.3) is 21.6 Å². The summed E-state index contributed by atoms with van der Waals surface area (Å²) >= 11 is 1.47. The van der Waals surface area contributed by atoms with Crippen molar-refractivity contribution in [2.24, 2.45) is 0 Å². The highest BCUT2D eigenvalue weighted by Crippen LogP contribution is 2.26. The third kappa shape index (κ3) is 4.15. The Balaban J connectivity index is 1.76. The molecule has 1 N–H and O–H groups in total. The number of hydrogen-bond donors (Lipinski definition) is 1. The van der Waals surface area contributed by atoms with E-state index in [1.807, 2.05) is 43.3 Å². The molecule has 0 fully saturated rings. The fraction of sp³-hybridized carbons (Fsp3) is 0.174. The summed E-state index contributed by atoms with van der Waals surface area (Å²) in [6, 6.07) is 15.3. The van der Waals surface area contributed by atoms with Gasteiger partial charge in [-0.25, -0.2) is 4.98 Å². The lowest BCUT2D eigenvalue weighted by atomic mass is 10.2. The maximum atomic E-state index is 13.3. The van der Waals surface area contributed by atoms with Gasteiger partial charge in [0.15, 0.2) is 0 Å². The van der Waals surface area contributed by atoms with Crippen LogP contribution >= 0.6 is 11.3 Å². The van der Waals surface area contributed by atoms with Gasteiger partial charge in [-0.3, -0.25) is 24.3 Å². The van der Waals surface area contributed by atoms with E-state index in [1.165, 1.54) is 28.0 Å². The summed E-state index contributed by atoms with van der Waals surface area (Å²) in [5.41, 5.74) is 1.31. The Morgan fingerprint density at radius 3 is 2.62 bits per heavy atom. The van der Waals surface area contributed by atoms with Crippen LogP contribution in [0.1, 0.15) is 17.4 Å². The second kappa shape index (κ2) is 8.72. The number of nitrogens with one attached hydrogen (secondary N) is 1. The third-order valence-corrected chi connectivity index (χ3v) is 6.26. The molecule has 0 atom stereocenters. The second-order valence-corrected chi connectivity index (χ2v) is 8.40. The van der Waals surface area contributed by atoms with Crippen molar-refractivity contribution in [1.82, 2.24) is 9.55 Å². The molecule has 0 saturated heterocycles.